The third-order valence-electron chi connectivity index (χ3n) is 3.25. The van der Waals surface area contributed by atoms with Crippen molar-refractivity contribution in [2.24, 2.45) is 0 Å². The van der Waals surface area contributed by atoms with Gasteiger partial charge in [0.25, 0.3) is 5.91 Å². The van der Waals surface area contributed by atoms with Gasteiger partial charge in [0.15, 0.2) is 0 Å². The minimum Gasteiger partial charge on any atom is -0.378 e. The maximum absolute atomic E-state index is 12.3. The molecule has 1 N–H and O–H groups in total. The number of aromatic nitrogens is 2. The zero-order valence-electron chi connectivity index (χ0n) is 11.8. The number of rotatable bonds is 3. The van der Waals surface area contributed by atoms with Gasteiger partial charge in [-0.3, -0.25) is 4.79 Å². The van der Waals surface area contributed by atoms with Crippen LogP contribution in [0.3, 0.4) is 0 Å². The van der Waals surface area contributed by atoms with E-state index in [0.29, 0.717) is 30.5 Å². The van der Waals surface area contributed by atoms with E-state index in [0.717, 1.165) is 17.6 Å². The minimum absolute atomic E-state index is 0.255. The third kappa shape index (κ3) is 3.61. The zero-order valence-corrected chi connectivity index (χ0v) is 13.4. The normalized spacial score (nSPS) is 14.7. The van der Waals surface area contributed by atoms with E-state index in [4.69, 9.17) is 4.74 Å². The predicted octanol–water partition coefficient (Wildman–Crippen LogP) is 2.33. The fraction of sp³-hybridized carbons (Fsp3) is 0.267. The van der Waals surface area contributed by atoms with E-state index in [-0.39, 0.29) is 5.91 Å². The number of anilines is 2. The van der Waals surface area contributed by atoms with Crippen molar-refractivity contribution >= 4 is 33.5 Å². The van der Waals surface area contributed by atoms with Gasteiger partial charge in [-0.25, -0.2) is 9.97 Å². The molecule has 0 aliphatic carbocycles. The molecule has 2 aromatic rings. The van der Waals surface area contributed by atoms with Gasteiger partial charge in [0.2, 0.25) is 5.95 Å². The number of amides is 1. The average molecular weight is 363 g/mol. The first-order valence-electron chi connectivity index (χ1n) is 6.95. The molecule has 2 heterocycles. The number of morpholine rings is 1. The summed E-state index contributed by atoms with van der Waals surface area (Å²) in [6, 6.07) is 9.03. The third-order valence-corrected chi connectivity index (χ3v) is 3.75. The van der Waals surface area contributed by atoms with Gasteiger partial charge in [0.05, 0.1) is 13.2 Å². The summed E-state index contributed by atoms with van der Waals surface area (Å²) in [6.07, 6.45) is 1.60. The molecule has 1 amide bonds. The summed E-state index contributed by atoms with van der Waals surface area (Å²) in [7, 11) is 0. The Balaban J connectivity index is 1.75. The van der Waals surface area contributed by atoms with E-state index in [1.54, 1.807) is 12.3 Å². The number of hydrogen-bond acceptors (Lipinski definition) is 5. The van der Waals surface area contributed by atoms with Crippen LogP contribution in [0.2, 0.25) is 0 Å². The topological polar surface area (TPSA) is 67.4 Å². The van der Waals surface area contributed by atoms with Crippen LogP contribution in [0.5, 0.6) is 0 Å². The van der Waals surface area contributed by atoms with Gasteiger partial charge >= 0.3 is 0 Å². The Labute approximate surface area is 136 Å². The summed E-state index contributed by atoms with van der Waals surface area (Å²) in [4.78, 5) is 22.9. The summed E-state index contributed by atoms with van der Waals surface area (Å²) >= 11 is 3.38. The molecule has 1 saturated heterocycles. The second kappa shape index (κ2) is 6.85. The largest absolute Gasteiger partial charge is 0.378 e. The van der Waals surface area contributed by atoms with E-state index in [2.05, 4.69) is 31.2 Å². The highest BCUT2D eigenvalue weighted by molar-refractivity contribution is 9.10. The predicted molar refractivity (Wildman–Crippen MR) is 87.2 cm³/mol. The number of nitrogens with zero attached hydrogens (tertiary/aromatic N) is 3. The van der Waals surface area contributed by atoms with Crippen LogP contribution in [0.4, 0.5) is 11.6 Å². The van der Waals surface area contributed by atoms with Crippen molar-refractivity contribution < 1.29 is 9.53 Å². The summed E-state index contributed by atoms with van der Waals surface area (Å²) in [6.45, 7) is 2.77. The van der Waals surface area contributed by atoms with Crippen molar-refractivity contribution in [3.8, 4) is 0 Å². The van der Waals surface area contributed by atoms with Gasteiger partial charge in [-0.2, -0.15) is 0 Å². The molecule has 22 heavy (non-hydrogen) atoms. The standard InChI is InChI=1S/C15H15BrN4O2/c16-11-2-1-3-12(10-11)18-14(21)13-4-5-17-15(19-13)20-6-8-22-9-7-20/h1-5,10H,6-9H2,(H,18,21). The maximum Gasteiger partial charge on any atom is 0.274 e. The van der Waals surface area contributed by atoms with Crippen molar-refractivity contribution in [3.05, 3.63) is 46.7 Å². The molecule has 1 aliphatic heterocycles. The average Bonchev–Trinajstić information content (AvgIpc) is 2.56. The number of halogens is 1. The quantitative estimate of drug-likeness (QED) is 0.907. The highest BCUT2D eigenvalue weighted by Crippen LogP contribution is 2.17. The Bertz CT molecular complexity index is 674. The Morgan fingerprint density at radius 1 is 1.27 bits per heavy atom. The fourth-order valence-electron chi connectivity index (χ4n) is 2.15. The molecule has 3 rings (SSSR count). The molecule has 0 unspecified atom stereocenters. The fourth-order valence-corrected chi connectivity index (χ4v) is 2.55. The van der Waals surface area contributed by atoms with Gasteiger partial charge in [0, 0.05) is 29.4 Å². The summed E-state index contributed by atoms with van der Waals surface area (Å²) in [5.41, 5.74) is 1.06. The minimum atomic E-state index is -0.255. The molecule has 1 aliphatic rings. The van der Waals surface area contributed by atoms with Crippen LogP contribution in [-0.4, -0.2) is 42.2 Å². The molecule has 0 radical (unpaired) electrons. The number of carbonyl (C=O) groups is 1. The van der Waals surface area contributed by atoms with E-state index >= 15 is 0 Å². The maximum atomic E-state index is 12.3. The monoisotopic (exact) mass is 362 g/mol. The molecular formula is C15H15BrN4O2. The smallest absolute Gasteiger partial charge is 0.274 e. The summed E-state index contributed by atoms with van der Waals surface area (Å²) in [5.74, 6) is 0.306. The second-order valence-electron chi connectivity index (χ2n) is 4.81. The van der Waals surface area contributed by atoms with Crippen LogP contribution < -0.4 is 10.2 Å². The SMILES string of the molecule is O=C(Nc1cccc(Br)c1)c1ccnc(N2CCOCC2)n1. The molecule has 0 spiro atoms. The lowest BCUT2D eigenvalue weighted by Gasteiger charge is -2.26. The molecule has 1 aromatic carbocycles. The van der Waals surface area contributed by atoms with Crippen LogP contribution in [0.15, 0.2) is 41.0 Å². The Morgan fingerprint density at radius 2 is 2.09 bits per heavy atom. The van der Waals surface area contributed by atoms with Crippen molar-refractivity contribution in [2.75, 3.05) is 36.5 Å². The Kier molecular flexibility index (Phi) is 4.65. The Morgan fingerprint density at radius 3 is 2.86 bits per heavy atom. The van der Waals surface area contributed by atoms with Crippen LogP contribution in [0.1, 0.15) is 10.5 Å². The number of carbonyl (C=O) groups excluding carboxylic acids is 1. The van der Waals surface area contributed by atoms with Crippen molar-refractivity contribution in [2.45, 2.75) is 0 Å². The van der Waals surface area contributed by atoms with Gasteiger partial charge in [-0.05, 0) is 24.3 Å². The lowest BCUT2D eigenvalue weighted by molar-refractivity contribution is 0.102. The van der Waals surface area contributed by atoms with E-state index < -0.39 is 0 Å². The van der Waals surface area contributed by atoms with Gasteiger partial charge < -0.3 is 15.0 Å². The number of nitrogens with one attached hydrogen (secondary N) is 1. The number of hydrogen-bond donors (Lipinski definition) is 1. The van der Waals surface area contributed by atoms with Crippen LogP contribution in [0.25, 0.3) is 0 Å². The second-order valence-corrected chi connectivity index (χ2v) is 5.72. The number of ether oxygens (including phenoxy) is 1. The van der Waals surface area contributed by atoms with Crippen molar-refractivity contribution in [1.82, 2.24) is 9.97 Å². The lowest BCUT2D eigenvalue weighted by Crippen LogP contribution is -2.37. The van der Waals surface area contributed by atoms with Gasteiger partial charge in [-0.1, -0.05) is 22.0 Å². The van der Waals surface area contributed by atoms with Crippen LogP contribution in [0, 0.1) is 0 Å². The highest BCUT2D eigenvalue weighted by Gasteiger charge is 2.16. The van der Waals surface area contributed by atoms with Crippen molar-refractivity contribution in [1.29, 1.82) is 0 Å². The first kappa shape index (κ1) is 14.9. The molecular weight excluding hydrogens is 348 g/mol. The molecule has 7 heteroatoms. The Hall–Kier alpha value is -1.99. The van der Waals surface area contributed by atoms with Crippen LogP contribution in [-0.2, 0) is 4.74 Å². The number of benzene rings is 1. The first-order chi connectivity index (χ1) is 10.7. The lowest BCUT2D eigenvalue weighted by atomic mass is 10.3. The molecule has 114 valence electrons. The van der Waals surface area contributed by atoms with Gasteiger partial charge in [0.1, 0.15) is 5.69 Å². The van der Waals surface area contributed by atoms with E-state index in [9.17, 15) is 4.79 Å². The van der Waals surface area contributed by atoms with Gasteiger partial charge in [-0.15, -0.1) is 0 Å². The molecule has 0 saturated carbocycles. The highest BCUT2D eigenvalue weighted by atomic mass is 79.9. The zero-order chi connectivity index (χ0) is 15.4. The van der Waals surface area contributed by atoms with Crippen molar-refractivity contribution in [3.63, 3.8) is 0 Å². The molecule has 6 nitrogen and oxygen atoms in total. The molecule has 0 bridgehead atoms. The van der Waals surface area contributed by atoms with E-state index in [1.807, 2.05) is 29.2 Å². The van der Waals surface area contributed by atoms with E-state index in [1.165, 1.54) is 0 Å². The first-order valence-corrected chi connectivity index (χ1v) is 7.74. The van der Waals surface area contributed by atoms with Crippen LogP contribution >= 0.6 is 15.9 Å². The molecule has 1 fully saturated rings. The molecule has 1 aromatic heterocycles. The summed E-state index contributed by atoms with van der Waals surface area (Å²) < 4.78 is 6.21. The molecule has 0 atom stereocenters. The summed E-state index contributed by atoms with van der Waals surface area (Å²) in [5, 5.41) is 2.83.